The molecule has 0 atom stereocenters. The second kappa shape index (κ2) is 6.83. The van der Waals surface area contributed by atoms with Gasteiger partial charge in [0.05, 0.1) is 0 Å². The molecule has 0 amide bonds. The Kier molecular flexibility index (Phi) is 5.98. The van der Waals surface area contributed by atoms with Gasteiger partial charge < -0.3 is 5.73 Å². The molecule has 1 rings (SSSR count). The number of nitrogens with zero attached hydrogens (tertiary/aromatic N) is 1. The lowest BCUT2D eigenvalue weighted by molar-refractivity contribution is 0.334. The van der Waals surface area contributed by atoms with E-state index in [2.05, 4.69) is 0 Å². The molecule has 0 bridgehead atoms. The van der Waals surface area contributed by atoms with Crippen molar-refractivity contribution in [2.75, 3.05) is 13.1 Å². The van der Waals surface area contributed by atoms with Crippen molar-refractivity contribution in [3.05, 3.63) is 17.0 Å². The number of hydrogen-bond acceptors (Lipinski definition) is 4. The molecule has 4 nitrogen and oxygen atoms in total. The molecule has 110 valence electrons. The molecule has 0 unspecified atom stereocenters. The van der Waals surface area contributed by atoms with Crippen LogP contribution < -0.4 is 5.73 Å². The molecule has 0 fully saturated rings. The first-order valence-corrected chi connectivity index (χ1v) is 8.87. The fourth-order valence-corrected chi connectivity index (χ4v) is 4.95. The van der Waals surface area contributed by atoms with E-state index in [0.29, 0.717) is 35.7 Å². The summed E-state index contributed by atoms with van der Waals surface area (Å²) in [6.07, 6.45) is 0. The Hall–Kier alpha value is -0.430. The maximum atomic E-state index is 12.6. The molecule has 0 saturated carbocycles. The van der Waals surface area contributed by atoms with Crippen molar-refractivity contribution in [3.8, 4) is 0 Å². The smallest absolute Gasteiger partial charge is 0.252 e. The Morgan fingerprint density at radius 1 is 1.21 bits per heavy atom. The van der Waals surface area contributed by atoms with E-state index in [-0.39, 0.29) is 0 Å². The van der Waals surface area contributed by atoms with E-state index >= 15 is 0 Å². The van der Waals surface area contributed by atoms with E-state index in [0.717, 1.165) is 5.56 Å². The zero-order valence-electron chi connectivity index (χ0n) is 12.1. The average Bonchev–Trinajstić information content (AvgIpc) is 2.75. The van der Waals surface area contributed by atoms with E-state index in [1.54, 1.807) is 10.4 Å². The molecule has 1 aromatic rings. The van der Waals surface area contributed by atoms with E-state index in [1.807, 2.05) is 33.1 Å². The number of thiophene rings is 1. The van der Waals surface area contributed by atoms with Crippen molar-refractivity contribution in [1.29, 1.82) is 0 Å². The number of hydrogen-bond donors (Lipinski definition) is 1. The van der Waals surface area contributed by atoms with Gasteiger partial charge in [-0.15, -0.1) is 11.3 Å². The van der Waals surface area contributed by atoms with Gasteiger partial charge in [0.15, 0.2) is 0 Å². The van der Waals surface area contributed by atoms with Crippen molar-refractivity contribution in [3.63, 3.8) is 0 Å². The van der Waals surface area contributed by atoms with Crippen molar-refractivity contribution in [2.24, 2.45) is 17.6 Å². The predicted molar refractivity (Wildman–Crippen MR) is 80.6 cm³/mol. The quantitative estimate of drug-likeness (QED) is 0.842. The summed E-state index contributed by atoms with van der Waals surface area (Å²) < 4.78 is 27.2. The summed E-state index contributed by atoms with van der Waals surface area (Å²) in [6.45, 7) is 9.60. The van der Waals surface area contributed by atoms with Gasteiger partial charge in [-0.05, 0) is 28.8 Å². The first-order chi connectivity index (χ1) is 8.77. The SMILES string of the molecule is CC(C)CN(CC(C)C)S(=O)(=O)c1cc(CN)cs1. The topological polar surface area (TPSA) is 63.4 Å². The molecule has 1 heterocycles. The van der Waals surface area contributed by atoms with Crippen molar-refractivity contribution in [1.82, 2.24) is 4.31 Å². The average molecular weight is 304 g/mol. The Bertz CT molecular complexity index is 482. The zero-order valence-corrected chi connectivity index (χ0v) is 13.7. The first kappa shape index (κ1) is 16.6. The molecule has 0 aliphatic carbocycles. The molecule has 2 N–H and O–H groups in total. The molecule has 0 spiro atoms. The third kappa shape index (κ3) is 4.56. The highest BCUT2D eigenvalue weighted by Crippen LogP contribution is 2.25. The van der Waals surface area contributed by atoms with Gasteiger partial charge >= 0.3 is 0 Å². The Balaban J connectivity index is 3.03. The number of rotatable bonds is 7. The van der Waals surface area contributed by atoms with Crippen LogP contribution in [0.2, 0.25) is 0 Å². The lowest BCUT2D eigenvalue weighted by Crippen LogP contribution is -2.36. The van der Waals surface area contributed by atoms with E-state index < -0.39 is 10.0 Å². The summed E-state index contributed by atoms with van der Waals surface area (Å²) in [5.41, 5.74) is 6.42. The second-order valence-electron chi connectivity index (χ2n) is 5.59. The van der Waals surface area contributed by atoms with Crippen LogP contribution in [0.5, 0.6) is 0 Å². The molecule has 0 radical (unpaired) electrons. The van der Waals surface area contributed by atoms with Crippen LogP contribution in [-0.2, 0) is 16.6 Å². The maximum absolute atomic E-state index is 12.6. The molecular weight excluding hydrogens is 280 g/mol. The Morgan fingerprint density at radius 2 is 1.74 bits per heavy atom. The summed E-state index contributed by atoms with van der Waals surface area (Å²) in [5, 5.41) is 1.82. The normalized spacial score (nSPS) is 12.8. The lowest BCUT2D eigenvalue weighted by Gasteiger charge is -2.24. The Labute approximate surface area is 120 Å². The molecular formula is C13H24N2O2S2. The largest absolute Gasteiger partial charge is 0.326 e. The molecule has 0 aromatic carbocycles. The summed E-state index contributed by atoms with van der Waals surface area (Å²) in [5.74, 6) is 0.616. The van der Waals surface area contributed by atoms with E-state index in [9.17, 15) is 8.42 Å². The summed E-state index contributed by atoms with van der Waals surface area (Å²) in [4.78, 5) is 0. The van der Waals surface area contributed by atoms with E-state index in [1.165, 1.54) is 11.3 Å². The lowest BCUT2D eigenvalue weighted by atomic mass is 10.2. The molecule has 6 heteroatoms. The first-order valence-electron chi connectivity index (χ1n) is 6.55. The molecule has 0 aliphatic rings. The minimum atomic E-state index is -3.38. The van der Waals surface area contributed by atoms with Crippen LogP contribution >= 0.6 is 11.3 Å². The van der Waals surface area contributed by atoms with Gasteiger partial charge in [0.1, 0.15) is 4.21 Å². The maximum Gasteiger partial charge on any atom is 0.252 e. The zero-order chi connectivity index (χ0) is 14.6. The van der Waals surface area contributed by atoms with Gasteiger partial charge in [-0.2, -0.15) is 4.31 Å². The predicted octanol–water partition coefficient (Wildman–Crippen LogP) is 2.51. The summed E-state index contributed by atoms with van der Waals surface area (Å²) in [6, 6.07) is 1.69. The van der Waals surface area contributed by atoms with Gasteiger partial charge in [0.25, 0.3) is 10.0 Å². The van der Waals surface area contributed by atoms with Gasteiger partial charge in [-0.3, -0.25) is 0 Å². The van der Waals surface area contributed by atoms with Crippen LogP contribution in [0.4, 0.5) is 0 Å². The van der Waals surface area contributed by atoms with Gasteiger partial charge in [-0.25, -0.2) is 8.42 Å². The second-order valence-corrected chi connectivity index (χ2v) is 8.66. The fraction of sp³-hybridized carbons (Fsp3) is 0.692. The third-order valence-electron chi connectivity index (χ3n) is 2.60. The van der Waals surface area contributed by atoms with Crippen molar-refractivity contribution >= 4 is 21.4 Å². The highest BCUT2D eigenvalue weighted by molar-refractivity contribution is 7.91. The van der Waals surface area contributed by atoms with Gasteiger partial charge in [0.2, 0.25) is 0 Å². The van der Waals surface area contributed by atoms with Gasteiger partial charge in [-0.1, -0.05) is 27.7 Å². The van der Waals surface area contributed by atoms with Crippen LogP contribution in [0, 0.1) is 11.8 Å². The fourth-order valence-electron chi connectivity index (χ4n) is 1.81. The number of nitrogens with two attached hydrogens (primary N) is 1. The van der Waals surface area contributed by atoms with Crippen LogP contribution in [-0.4, -0.2) is 25.8 Å². The highest BCUT2D eigenvalue weighted by Gasteiger charge is 2.27. The molecule has 0 saturated heterocycles. The monoisotopic (exact) mass is 304 g/mol. The Morgan fingerprint density at radius 3 is 2.11 bits per heavy atom. The molecule has 19 heavy (non-hydrogen) atoms. The highest BCUT2D eigenvalue weighted by atomic mass is 32.2. The van der Waals surface area contributed by atoms with Crippen molar-refractivity contribution in [2.45, 2.75) is 38.4 Å². The van der Waals surface area contributed by atoms with Crippen molar-refractivity contribution < 1.29 is 8.42 Å². The van der Waals surface area contributed by atoms with E-state index in [4.69, 9.17) is 5.73 Å². The van der Waals surface area contributed by atoms with Crippen LogP contribution in [0.3, 0.4) is 0 Å². The third-order valence-corrected chi connectivity index (χ3v) is 5.89. The van der Waals surface area contributed by atoms with Crippen LogP contribution in [0.25, 0.3) is 0 Å². The molecule has 1 aromatic heterocycles. The van der Waals surface area contributed by atoms with Crippen LogP contribution in [0.1, 0.15) is 33.3 Å². The van der Waals surface area contributed by atoms with Gasteiger partial charge in [0, 0.05) is 19.6 Å². The minimum absolute atomic E-state index is 0.308. The number of sulfonamides is 1. The summed E-state index contributed by atoms with van der Waals surface area (Å²) in [7, 11) is -3.38. The van der Waals surface area contributed by atoms with Crippen LogP contribution in [0.15, 0.2) is 15.7 Å². The minimum Gasteiger partial charge on any atom is -0.326 e. The summed E-state index contributed by atoms with van der Waals surface area (Å²) >= 11 is 1.25. The standard InChI is InChI=1S/C13H24N2O2S2/c1-10(2)7-15(8-11(3)4)19(16,17)13-5-12(6-14)9-18-13/h5,9-11H,6-8,14H2,1-4H3. The molecule has 0 aliphatic heterocycles.